The Balaban J connectivity index is 2.54. The number of nitriles is 1. The fourth-order valence-electron chi connectivity index (χ4n) is 2.31. The summed E-state index contributed by atoms with van der Waals surface area (Å²) in [6, 6.07) is 10.5. The second-order valence-electron chi connectivity index (χ2n) is 4.17. The van der Waals surface area contributed by atoms with Crippen molar-refractivity contribution in [2.75, 3.05) is 7.05 Å². The number of benzene rings is 2. The molecule has 0 aliphatic carbocycles. The number of hydrogen-bond acceptors (Lipinski definition) is 3. The third kappa shape index (κ3) is 1.13. The van der Waals surface area contributed by atoms with Gasteiger partial charge in [0.05, 0.1) is 11.6 Å². The summed E-state index contributed by atoms with van der Waals surface area (Å²) in [5.41, 5.74) is 1.42. The van der Waals surface area contributed by atoms with E-state index in [-0.39, 0.29) is 11.8 Å². The van der Waals surface area contributed by atoms with E-state index in [4.69, 9.17) is 5.26 Å². The molecule has 1 aliphatic heterocycles. The quantitative estimate of drug-likeness (QED) is 0.657. The third-order valence-electron chi connectivity index (χ3n) is 3.23. The first kappa shape index (κ1) is 10.5. The molecule has 3 rings (SSSR count). The summed E-state index contributed by atoms with van der Waals surface area (Å²) < 4.78 is 0. The van der Waals surface area contributed by atoms with Gasteiger partial charge in [0.1, 0.15) is 0 Å². The Labute approximate surface area is 103 Å². The molecule has 0 bridgehead atoms. The Morgan fingerprint density at radius 1 is 1.06 bits per heavy atom. The first-order valence-corrected chi connectivity index (χ1v) is 5.43. The lowest BCUT2D eigenvalue weighted by Gasteiger charge is -2.23. The maximum absolute atomic E-state index is 12.0. The highest BCUT2D eigenvalue weighted by atomic mass is 16.2. The van der Waals surface area contributed by atoms with Crippen molar-refractivity contribution in [3.8, 4) is 6.07 Å². The van der Waals surface area contributed by atoms with Crippen molar-refractivity contribution in [1.82, 2.24) is 4.90 Å². The molecule has 4 nitrogen and oxygen atoms in total. The predicted molar refractivity (Wildman–Crippen MR) is 65.1 cm³/mol. The zero-order chi connectivity index (χ0) is 12.9. The average molecular weight is 236 g/mol. The van der Waals surface area contributed by atoms with Gasteiger partial charge in [0.25, 0.3) is 11.8 Å². The fourth-order valence-corrected chi connectivity index (χ4v) is 2.31. The highest BCUT2D eigenvalue weighted by Gasteiger charge is 2.30. The summed E-state index contributed by atoms with van der Waals surface area (Å²) in [6.45, 7) is 0. The first-order valence-electron chi connectivity index (χ1n) is 5.43. The molecule has 2 amide bonds. The van der Waals surface area contributed by atoms with Crippen LogP contribution in [0.1, 0.15) is 26.3 Å². The van der Waals surface area contributed by atoms with Gasteiger partial charge in [0, 0.05) is 28.9 Å². The van der Waals surface area contributed by atoms with Gasteiger partial charge >= 0.3 is 0 Å². The van der Waals surface area contributed by atoms with Crippen LogP contribution in [-0.4, -0.2) is 23.8 Å². The van der Waals surface area contributed by atoms with Crippen molar-refractivity contribution in [2.45, 2.75) is 0 Å². The second kappa shape index (κ2) is 3.41. The van der Waals surface area contributed by atoms with Crippen molar-refractivity contribution in [3.05, 3.63) is 47.0 Å². The molecule has 1 aliphatic rings. The fraction of sp³-hybridized carbons (Fsp3) is 0.0714. The number of imide groups is 1. The van der Waals surface area contributed by atoms with Gasteiger partial charge < -0.3 is 0 Å². The molecule has 0 spiro atoms. The summed E-state index contributed by atoms with van der Waals surface area (Å²) >= 11 is 0. The lowest BCUT2D eigenvalue weighted by atomic mass is 9.92. The van der Waals surface area contributed by atoms with Crippen LogP contribution in [0.2, 0.25) is 0 Å². The van der Waals surface area contributed by atoms with Crippen LogP contribution in [0.25, 0.3) is 10.8 Å². The molecule has 2 aromatic rings. The van der Waals surface area contributed by atoms with Crippen molar-refractivity contribution in [1.29, 1.82) is 5.26 Å². The van der Waals surface area contributed by atoms with E-state index in [2.05, 4.69) is 6.07 Å². The van der Waals surface area contributed by atoms with Gasteiger partial charge in [0.15, 0.2) is 0 Å². The molecular formula is C14H8N2O2. The van der Waals surface area contributed by atoms with E-state index < -0.39 is 0 Å². The van der Waals surface area contributed by atoms with Crippen LogP contribution in [0.3, 0.4) is 0 Å². The van der Waals surface area contributed by atoms with Crippen molar-refractivity contribution >= 4 is 22.6 Å². The number of amides is 2. The van der Waals surface area contributed by atoms with Crippen LogP contribution in [-0.2, 0) is 0 Å². The molecule has 0 saturated heterocycles. The number of hydrogen-bond donors (Lipinski definition) is 0. The molecule has 0 atom stereocenters. The van der Waals surface area contributed by atoms with Crippen LogP contribution < -0.4 is 0 Å². The minimum Gasteiger partial charge on any atom is -0.277 e. The smallest absolute Gasteiger partial charge is 0.261 e. The van der Waals surface area contributed by atoms with E-state index in [0.717, 1.165) is 4.90 Å². The second-order valence-corrected chi connectivity index (χ2v) is 4.17. The normalized spacial score (nSPS) is 13.9. The van der Waals surface area contributed by atoms with Crippen LogP contribution >= 0.6 is 0 Å². The molecule has 0 unspecified atom stereocenters. The Kier molecular flexibility index (Phi) is 1.99. The van der Waals surface area contributed by atoms with Crippen molar-refractivity contribution in [2.24, 2.45) is 0 Å². The lowest BCUT2D eigenvalue weighted by molar-refractivity contribution is 0.0651. The SMILES string of the molecule is CN1C(=O)c2cccc3c(C#N)ccc(c23)C1=O. The molecule has 0 saturated carbocycles. The van der Waals surface area contributed by atoms with E-state index in [0.29, 0.717) is 27.5 Å². The molecule has 18 heavy (non-hydrogen) atoms. The number of rotatable bonds is 0. The topological polar surface area (TPSA) is 61.2 Å². The standard InChI is InChI=1S/C14H8N2O2/c1-16-13(17)10-4-2-3-9-8(7-15)5-6-11(12(9)10)14(16)18/h2-6H,1H3. The molecule has 1 heterocycles. The van der Waals surface area contributed by atoms with Gasteiger partial charge in [-0.2, -0.15) is 5.26 Å². The van der Waals surface area contributed by atoms with E-state index in [1.165, 1.54) is 7.05 Å². The maximum Gasteiger partial charge on any atom is 0.261 e. The molecular weight excluding hydrogens is 228 g/mol. The predicted octanol–water partition coefficient (Wildman–Crippen LogP) is 1.94. The van der Waals surface area contributed by atoms with E-state index in [1.807, 2.05) is 0 Å². The van der Waals surface area contributed by atoms with Crippen molar-refractivity contribution in [3.63, 3.8) is 0 Å². The van der Waals surface area contributed by atoms with Crippen LogP contribution in [0.15, 0.2) is 30.3 Å². The lowest BCUT2D eigenvalue weighted by Crippen LogP contribution is -2.36. The summed E-state index contributed by atoms with van der Waals surface area (Å²) in [5.74, 6) is -0.652. The van der Waals surface area contributed by atoms with Gasteiger partial charge in [-0.05, 0) is 18.2 Å². The maximum atomic E-state index is 12.0. The van der Waals surface area contributed by atoms with Gasteiger partial charge in [0.2, 0.25) is 0 Å². The van der Waals surface area contributed by atoms with Crippen LogP contribution in [0.4, 0.5) is 0 Å². The molecule has 86 valence electrons. The highest BCUT2D eigenvalue weighted by molar-refractivity contribution is 6.25. The van der Waals surface area contributed by atoms with Gasteiger partial charge in [-0.25, -0.2) is 0 Å². The number of carbonyl (C=O) groups excluding carboxylic acids is 2. The molecule has 0 aromatic heterocycles. The summed E-state index contributed by atoms with van der Waals surface area (Å²) in [7, 11) is 1.46. The summed E-state index contributed by atoms with van der Waals surface area (Å²) in [4.78, 5) is 25.2. The van der Waals surface area contributed by atoms with Gasteiger partial charge in [-0.3, -0.25) is 14.5 Å². The largest absolute Gasteiger partial charge is 0.277 e. The Bertz CT molecular complexity index is 734. The number of carbonyl (C=O) groups is 2. The zero-order valence-corrected chi connectivity index (χ0v) is 9.60. The Morgan fingerprint density at radius 2 is 1.72 bits per heavy atom. The molecule has 0 radical (unpaired) electrons. The van der Waals surface area contributed by atoms with Gasteiger partial charge in [-0.15, -0.1) is 0 Å². The Hall–Kier alpha value is -2.67. The van der Waals surface area contributed by atoms with Gasteiger partial charge in [-0.1, -0.05) is 12.1 Å². The highest BCUT2D eigenvalue weighted by Crippen LogP contribution is 2.31. The van der Waals surface area contributed by atoms with E-state index in [9.17, 15) is 9.59 Å². The third-order valence-corrected chi connectivity index (χ3v) is 3.23. The van der Waals surface area contributed by atoms with Crippen LogP contribution in [0.5, 0.6) is 0 Å². The molecule has 4 heteroatoms. The Morgan fingerprint density at radius 3 is 2.39 bits per heavy atom. The first-order chi connectivity index (χ1) is 8.65. The minimum atomic E-state index is -0.326. The van der Waals surface area contributed by atoms with E-state index >= 15 is 0 Å². The van der Waals surface area contributed by atoms with Crippen LogP contribution in [0, 0.1) is 11.3 Å². The molecule has 2 aromatic carbocycles. The molecule has 0 fully saturated rings. The minimum absolute atomic E-state index is 0.326. The summed E-state index contributed by atoms with van der Waals surface area (Å²) in [6.07, 6.45) is 0. The van der Waals surface area contributed by atoms with Crippen molar-refractivity contribution < 1.29 is 9.59 Å². The zero-order valence-electron chi connectivity index (χ0n) is 9.60. The summed E-state index contributed by atoms with van der Waals surface area (Å²) in [5, 5.41) is 10.3. The monoisotopic (exact) mass is 236 g/mol. The molecule has 0 N–H and O–H groups in total. The number of nitrogens with zero attached hydrogens (tertiary/aromatic N) is 2. The average Bonchev–Trinajstić information content (AvgIpc) is 2.41. The van der Waals surface area contributed by atoms with E-state index in [1.54, 1.807) is 30.3 Å².